The number of rotatable bonds is 6. The third-order valence-corrected chi connectivity index (χ3v) is 5.70. The number of nitrogens with zero attached hydrogens (tertiary/aromatic N) is 2. The summed E-state index contributed by atoms with van der Waals surface area (Å²) in [4.78, 5) is 4.35. The minimum Gasteiger partial charge on any atom is -0.496 e. The van der Waals surface area contributed by atoms with Crippen LogP contribution in [0.15, 0.2) is 45.8 Å². The van der Waals surface area contributed by atoms with Gasteiger partial charge in [-0.1, -0.05) is 24.2 Å². The standard InChI is InChI=1S/C19H21N3O4S/c1-5-18-20-19(21-26-18)15-11-14(9-10-17(15)25-4)27(23,24)22-16-8-6-7-12(2)13(16)3/h6-11,22H,5H2,1-4H3. The van der Waals surface area contributed by atoms with Crippen LogP contribution in [0.1, 0.15) is 23.9 Å². The summed E-state index contributed by atoms with van der Waals surface area (Å²) in [6, 6.07) is 10.0. The number of nitrogens with one attached hydrogen (secondary N) is 1. The predicted molar refractivity (Wildman–Crippen MR) is 102 cm³/mol. The molecule has 3 aromatic rings. The highest BCUT2D eigenvalue weighted by Gasteiger charge is 2.20. The fourth-order valence-electron chi connectivity index (χ4n) is 2.60. The van der Waals surface area contributed by atoms with Gasteiger partial charge >= 0.3 is 0 Å². The number of aryl methyl sites for hydroxylation is 2. The molecular weight excluding hydrogens is 366 g/mol. The maximum absolute atomic E-state index is 12.9. The van der Waals surface area contributed by atoms with Gasteiger partial charge in [0.2, 0.25) is 11.7 Å². The van der Waals surface area contributed by atoms with E-state index in [-0.39, 0.29) is 10.7 Å². The van der Waals surface area contributed by atoms with Gasteiger partial charge in [-0.2, -0.15) is 4.98 Å². The van der Waals surface area contributed by atoms with Gasteiger partial charge in [0.25, 0.3) is 10.0 Å². The first-order valence-corrected chi connectivity index (χ1v) is 9.94. The first-order chi connectivity index (χ1) is 12.9. The minimum atomic E-state index is -3.80. The highest BCUT2D eigenvalue weighted by Crippen LogP contribution is 2.31. The van der Waals surface area contributed by atoms with Gasteiger partial charge in [0, 0.05) is 6.42 Å². The zero-order valence-electron chi connectivity index (χ0n) is 15.6. The van der Waals surface area contributed by atoms with Gasteiger partial charge < -0.3 is 9.26 Å². The molecule has 0 saturated heterocycles. The molecule has 27 heavy (non-hydrogen) atoms. The summed E-state index contributed by atoms with van der Waals surface area (Å²) < 4.78 is 38.9. The van der Waals surface area contributed by atoms with Gasteiger partial charge in [-0.15, -0.1) is 0 Å². The predicted octanol–water partition coefficient (Wildman–Crippen LogP) is 3.73. The topological polar surface area (TPSA) is 94.3 Å². The Balaban J connectivity index is 2.03. The lowest BCUT2D eigenvalue weighted by molar-refractivity contribution is 0.382. The maximum Gasteiger partial charge on any atom is 0.261 e. The average Bonchev–Trinajstić information content (AvgIpc) is 3.14. The Morgan fingerprint density at radius 2 is 1.96 bits per heavy atom. The molecule has 0 spiro atoms. The number of hydrogen-bond donors (Lipinski definition) is 1. The molecule has 142 valence electrons. The average molecular weight is 387 g/mol. The van der Waals surface area contributed by atoms with Crippen molar-refractivity contribution in [2.24, 2.45) is 0 Å². The maximum atomic E-state index is 12.9. The number of aromatic nitrogens is 2. The van der Waals surface area contributed by atoms with E-state index in [0.29, 0.717) is 29.3 Å². The van der Waals surface area contributed by atoms with E-state index in [9.17, 15) is 8.42 Å². The third kappa shape index (κ3) is 3.80. The first-order valence-electron chi connectivity index (χ1n) is 8.45. The van der Waals surface area contributed by atoms with E-state index in [1.54, 1.807) is 12.1 Å². The number of methoxy groups -OCH3 is 1. The van der Waals surface area contributed by atoms with Crippen LogP contribution in [-0.2, 0) is 16.4 Å². The van der Waals surface area contributed by atoms with Crippen LogP contribution in [0.25, 0.3) is 11.4 Å². The number of benzene rings is 2. The fraction of sp³-hybridized carbons (Fsp3) is 0.263. The van der Waals surface area contributed by atoms with E-state index in [4.69, 9.17) is 9.26 Å². The van der Waals surface area contributed by atoms with Crippen LogP contribution >= 0.6 is 0 Å². The number of anilines is 1. The molecule has 3 rings (SSSR count). The van der Waals surface area contributed by atoms with Crippen molar-refractivity contribution in [1.82, 2.24) is 10.1 Å². The molecule has 0 atom stereocenters. The molecule has 2 aromatic carbocycles. The molecule has 1 N–H and O–H groups in total. The van der Waals surface area contributed by atoms with Crippen LogP contribution in [0.3, 0.4) is 0 Å². The number of sulfonamides is 1. The number of ether oxygens (including phenoxy) is 1. The summed E-state index contributed by atoms with van der Waals surface area (Å²) in [6.45, 7) is 5.70. The van der Waals surface area contributed by atoms with E-state index in [1.165, 1.54) is 19.2 Å². The lowest BCUT2D eigenvalue weighted by atomic mass is 10.1. The van der Waals surface area contributed by atoms with Gasteiger partial charge in [-0.25, -0.2) is 8.42 Å². The highest BCUT2D eigenvalue weighted by atomic mass is 32.2. The van der Waals surface area contributed by atoms with Crippen LogP contribution in [-0.4, -0.2) is 25.7 Å². The minimum absolute atomic E-state index is 0.0852. The first kappa shape index (κ1) is 18.9. The van der Waals surface area contributed by atoms with Crippen molar-refractivity contribution < 1.29 is 17.7 Å². The molecule has 1 heterocycles. The Bertz CT molecular complexity index is 1070. The quantitative estimate of drug-likeness (QED) is 0.693. The van der Waals surface area contributed by atoms with Crippen LogP contribution < -0.4 is 9.46 Å². The van der Waals surface area contributed by atoms with Crippen LogP contribution in [0.5, 0.6) is 5.75 Å². The second kappa shape index (κ2) is 7.40. The lowest BCUT2D eigenvalue weighted by Gasteiger charge is -2.13. The van der Waals surface area contributed by atoms with Gasteiger partial charge in [-0.05, 0) is 49.2 Å². The van der Waals surface area contributed by atoms with E-state index < -0.39 is 10.0 Å². The molecule has 0 aliphatic rings. The van der Waals surface area contributed by atoms with E-state index >= 15 is 0 Å². The molecule has 0 radical (unpaired) electrons. The van der Waals surface area contributed by atoms with Gasteiger partial charge in [0.15, 0.2) is 0 Å². The molecule has 0 aliphatic carbocycles. The summed E-state index contributed by atoms with van der Waals surface area (Å²) in [7, 11) is -2.30. The molecule has 0 bridgehead atoms. The molecule has 0 amide bonds. The van der Waals surface area contributed by atoms with E-state index in [1.807, 2.05) is 32.9 Å². The van der Waals surface area contributed by atoms with Crippen LogP contribution in [0, 0.1) is 13.8 Å². The Labute approximate surface area is 158 Å². The molecule has 0 unspecified atom stereocenters. The molecule has 0 aliphatic heterocycles. The molecule has 1 aromatic heterocycles. The molecule has 8 heteroatoms. The summed E-state index contributed by atoms with van der Waals surface area (Å²) in [5.41, 5.74) is 2.87. The molecule has 0 fully saturated rings. The molecule has 7 nitrogen and oxygen atoms in total. The second-order valence-electron chi connectivity index (χ2n) is 6.08. The van der Waals surface area contributed by atoms with Gasteiger partial charge in [-0.3, -0.25) is 4.72 Å². The summed E-state index contributed by atoms with van der Waals surface area (Å²) >= 11 is 0. The molecule has 0 saturated carbocycles. The van der Waals surface area contributed by atoms with Gasteiger partial charge in [0.1, 0.15) is 5.75 Å². The van der Waals surface area contributed by atoms with E-state index in [2.05, 4.69) is 14.9 Å². The molecular formula is C19H21N3O4S. The van der Waals surface area contributed by atoms with Crippen molar-refractivity contribution in [2.45, 2.75) is 32.1 Å². The summed E-state index contributed by atoms with van der Waals surface area (Å²) in [6.07, 6.45) is 0.585. The van der Waals surface area contributed by atoms with Crippen molar-refractivity contribution in [2.75, 3.05) is 11.8 Å². The van der Waals surface area contributed by atoms with Crippen molar-refractivity contribution >= 4 is 15.7 Å². The Morgan fingerprint density at radius 3 is 2.63 bits per heavy atom. The second-order valence-corrected chi connectivity index (χ2v) is 7.76. The van der Waals surface area contributed by atoms with E-state index in [0.717, 1.165) is 11.1 Å². The zero-order chi connectivity index (χ0) is 19.6. The third-order valence-electron chi connectivity index (χ3n) is 4.34. The lowest BCUT2D eigenvalue weighted by Crippen LogP contribution is -2.14. The van der Waals surface area contributed by atoms with Gasteiger partial charge in [0.05, 0.1) is 23.3 Å². The number of hydrogen-bond acceptors (Lipinski definition) is 6. The fourth-order valence-corrected chi connectivity index (χ4v) is 3.75. The van der Waals surface area contributed by atoms with Crippen molar-refractivity contribution in [3.63, 3.8) is 0 Å². The van der Waals surface area contributed by atoms with Crippen molar-refractivity contribution in [3.05, 3.63) is 53.4 Å². The summed E-state index contributed by atoms with van der Waals surface area (Å²) in [5, 5.41) is 3.92. The van der Waals surface area contributed by atoms with Crippen LogP contribution in [0.4, 0.5) is 5.69 Å². The van der Waals surface area contributed by atoms with Crippen LogP contribution in [0.2, 0.25) is 0 Å². The largest absolute Gasteiger partial charge is 0.496 e. The smallest absolute Gasteiger partial charge is 0.261 e. The van der Waals surface area contributed by atoms with Crippen molar-refractivity contribution in [3.8, 4) is 17.1 Å². The normalized spacial score (nSPS) is 11.4. The highest BCUT2D eigenvalue weighted by molar-refractivity contribution is 7.92. The van der Waals surface area contributed by atoms with Crippen molar-refractivity contribution in [1.29, 1.82) is 0 Å². The summed E-state index contributed by atoms with van der Waals surface area (Å²) in [5.74, 6) is 1.21. The Kier molecular flexibility index (Phi) is 5.18. The zero-order valence-corrected chi connectivity index (χ0v) is 16.4. The monoisotopic (exact) mass is 387 g/mol. The Morgan fingerprint density at radius 1 is 1.19 bits per heavy atom. The Hall–Kier alpha value is -2.87. The SMILES string of the molecule is CCc1nc(-c2cc(S(=O)(=O)Nc3cccc(C)c3C)ccc2OC)no1.